The molecule has 2 fully saturated rings. The summed E-state index contributed by atoms with van der Waals surface area (Å²) in [4.78, 5) is 15.5. The number of aliphatic hydroxyl groups is 3. The number of hydrogen-bond donors (Lipinski definition) is 6. The highest BCUT2D eigenvalue weighted by molar-refractivity contribution is 6.02. The molecule has 11 nitrogen and oxygen atoms in total. The van der Waals surface area contributed by atoms with Gasteiger partial charge in [0.15, 0.2) is 5.78 Å². The van der Waals surface area contributed by atoms with Gasteiger partial charge in [-0.05, 0) is 50.0 Å². The Labute approximate surface area is 220 Å². The van der Waals surface area contributed by atoms with Crippen molar-refractivity contribution in [3.63, 3.8) is 0 Å². The number of aromatic hydroxyl groups is 3. The fourth-order valence-electron chi connectivity index (χ4n) is 4.93. The number of phenolic OH excluding ortho intramolecular Hbond substituents is 3. The van der Waals surface area contributed by atoms with E-state index in [9.17, 15) is 35.4 Å². The lowest BCUT2D eigenvalue weighted by Crippen LogP contribution is -2.60. The van der Waals surface area contributed by atoms with Crippen molar-refractivity contribution in [2.45, 2.75) is 62.9 Å². The molecule has 2 aliphatic heterocycles. The Morgan fingerprint density at radius 1 is 1.08 bits per heavy atom. The van der Waals surface area contributed by atoms with Crippen molar-refractivity contribution in [3.05, 3.63) is 47.0 Å². The minimum atomic E-state index is -1.47. The Kier molecular flexibility index (Phi) is 9.08. The van der Waals surface area contributed by atoms with Gasteiger partial charge in [-0.2, -0.15) is 0 Å². The highest BCUT2D eigenvalue weighted by atomic mass is 16.7. The third kappa shape index (κ3) is 6.04. The monoisotopic (exact) mass is 533 g/mol. The molecule has 2 aromatic rings. The summed E-state index contributed by atoms with van der Waals surface area (Å²) in [6.45, 7) is 1.23. The third-order valence-corrected chi connectivity index (χ3v) is 7.12. The molecule has 0 bridgehead atoms. The molecular formula is C27H35NO10. The van der Waals surface area contributed by atoms with Crippen LogP contribution in [0.4, 0.5) is 0 Å². The summed E-state index contributed by atoms with van der Waals surface area (Å²) in [5, 5.41) is 61.8. The molecule has 2 saturated heterocycles. The van der Waals surface area contributed by atoms with Gasteiger partial charge in [0.1, 0.15) is 53.0 Å². The number of aryl methyl sites for hydroxylation is 1. The lowest BCUT2D eigenvalue weighted by atomic mass is 9.97. The van der Waals surface area contributed by atoms with Crippen LogP contribution in [0.15, 0.2) is 30.3 Å². The summed E-state index contributed by atoms with van der Waals surface area (Å²) in [6.07, 6.45) is -4.37. The second-order valence-corrected chi connectivity index (χ2v) is 9.69. The topological polar surface area (TPSA) is 169 Å². The number of phenols is 3. The Balaban J connectivity index is 1.66. The smallest absolute Gasteiger partial charge is 0.229 e. The zero-order valence-corrected chi connectivity index (χ0v) is 21.2. The summed E-state index contributed by atoms with van der Waals surface area (Å²) in [5.41, 5.74) is 0.839. The van der Waals surface area contributed by atoms with E-state index in [-0.39, 0.29) is 41.3 Å². The molecule has 0 unspecified atom stereocenters. The number of nitrogens with zero attached hydrogens (tertiary/aromatic N) is 1. The van der Waals surface area contributed by atoms with Crippen molar-refractivity contribution < 1.29 is 49.6 Å². The highest BCUT2D eigenvalue weighted by Gasteiger charge is 2.46. The lowest BCUT2D eigenvalue weighted by Gasteiger charge is -2.41. The van der Waals surface area contributed by atoms with Crippen molar-refractivity contribution in [2.24, 2.45) is 0 Å². The second kappa shape index (κ2) is 12.3. The number of hydrogen-bond acceptors (Lipinski definition) is 11. The highest BCUT2D eigenvalue weighted by Crippen LogP contribution is 2.41. The van der Waals surface area contributed by atoms with Crippen molar-refractivity contribution in [1.29, 1.82) is 0 Å². The molecule has 0 aromatic heterocycles. The maximum Gasteiger partial charge on any atom is 0.229 e. The zero-order chi connectivity index (χ0) is 27.4. The molecule has 6 N–H and O–H groups in total. The number of rotatable bonds is 10. The first-order valence-corrected chi connectivity index (χ1v) is 12.7. The fraction of sp³-hybridized carbons (Fsp3) is 0.519. The first kappa shape index (κ1) is 28.1. The number of ketones is 1. The summed E-state index contributed by atoms with van der Waals surface area (Å²) in [5.74, 6) is -1.23. The van der Waals surface area contributed by atoms with Crippen LogP contribution in [0.25, 0.3) is 0 Å². The molecule has 0 aliphatic carbocycles. The van der Waals surface area contributed by atoms with Gasteiger partial charge in [0, 0.05) is 26.1 Å². The lowest BCUT2D eigenvalue weighted by molar-refractivity contribution is -0.282. The van der Waals surface area contributed by atoms with Crippen LogP contribution in [0.1, 0.15) is 40.7 Å². The zero-order valence-electron chi connectivity index (χ0n) is 21.2. The van der Waals surface area contributed by atoms with Crippen LogP contribution in [0.2, 0.25) is 0 Å². The summed E-state index contributed by atoms with van der Waals surface area (Å²) < 4.78 is 16.8. The predicted molar refractivity (Wildman–Crippen MR) is 134 cm³/mol. The van der Waals surface area contributed by atoms with Crippen LogP contribution in [0, 0.1) is 0 Å². The van der Waals surface area contributed by atoms with E-state index in [0.717, 1.165) is 31.5 Å². The Bertz CT molecular complexity index is 1100. The SMILES string of the molecule is CO[C@H]1[C@H](Oc2cc(O)c(CN3CCCC3)c(O)c2C(=O)CCc2ccc(O)cc2)O[C@H](CO)[C@@H](O)[C@@H]1O. The van der Waals surface area contributed by atoms with Crippen LogP contribution in [-0.4, -0.2) is 98.8 Å². The third-order valence-electron chi connectivity index (χ3n) is 7.12. The summed E-state index contributed by atoms with van der Waals surface area (Å²) >= 11 is 0. The van der Waals surface area contributed by atoms with Crippen molar-refractivity contribution >= 4 is 5.78 Å². The van der Waals surface area contributed by atoms with Crippen molar-refractivity contribution in [1.82, 2.24) is 4.90 Å². The molecule has 0 saturated carbocycles. The van der Waals surface area contributed by atoms with E-state index >= 15 is 0 Å². The maximum absolute atomic E-state index is 13.5. The molecular weight excluding hydrogens is 498 g/mol. The Morgan fingerprint density at radius 3 is 2.39 bits per heavy atom. The number of methoxy groups -OCH3 is 1. The molecule has 2 aromatic carbocycles. The van der Waals surface area contributed by atoms with E-state index in [4.69, 9.17) is 14.2 Å². The summed E-state index contributed by atoms with van der Waals surface area (Å²) in [6, 6.07) is 7.64. The minimum absolute atomic E-state index is 0.0114. The van der Waals surface area contributed by atoms with E-state index in [0.29, 0.717) is 6.42 Å². The van der Waals surface area contributed by atoms with Crippen LogP contribution >= 0.6 is 0 Å². The van der Waals surface area contributed by atoms with Gasteiger partial charge in [-0.25, -0.2) is 0 Å². The van der Waals surface area contributed by atoms with E-state index in [2.05, 4.69) is 4.90 Å². The van der Waals surface area contributed by atoms with Gasteiger partial charge in [0.25, 0.3) is 0 Å². The number of benzene rings is 2. The van der Waals surface area contributed by atoms with E-state index in [1.54, 1.807) is 12.1 Å². The van der Waals surface area contributed by atoms with Gasteiger partial charge in [0.2, 0.25) is 6.29 Å². The molecule has 0 spiro atoms. The molecule has 2 aliphatic rings. The molecule has 11 heteroatoms. The van der Waals surface area contributed by atoms with Crippen LogP contribution < -0.4 is 4.74 Å². The molecule has 0 amide bonds. The molecule has 208 valence electrons. The number of carbonyl (C=O) groups excluding carboxylic acids is 1. The van der Waals surface area contributed by atoms with Gasteiger partial charge in [-0.15, -0.1) is 0 Å². The average Bonchev–Trinajstić information content (AvgIpc) is 3.41. The number of ether oxygens (including phenoxy) is 3. The van der Waals surface area contributed by atoms with E-state index in [1.165, 1.54) is 25.3 Å². The maximum atomic E-state index is 13.5. The van der Waals surface area contributed by atoms with Gasteiger partial charge in [0.05, 0.1) is 12.2 Å². The predicted octanol–water partition coefficient (Wildman–Crippen LogP) is 1.05. The van der Waals surface area contributed by atoms with Gasteiger partial charge in [-0.3, -0.25) is 9.69 Å². The molecule has 4 rings (SSSR count). The van der Waals surface area contributed by atoms with Crippen LogP contribution in [0.5, 0.6) is 23.0 Å². The second-order valence-electron chi connectivity index (χ2n) is 9.69. The Morgan fingerprint density at radius 2 is 1.76 bits per heavy atom. The van der Waals surface area contributed by atoms with E-state index in [1.807, 2.05) is 0 Å². The number of aliphatic hydroxyl groups excluding tert-OH is 3. The molecule has 5 atom stereocenters. The fourth-order valence-corrected chi connectivity index (χ4v) is 4.93. The molecule has 2 heterocycles. The average molecular weight is 534 g/mol. The van der Waals surface area contributed by atoms with E-state index < -0.39 is 48.8 Å². The number of likely N-dealkylation sites (tertiary alicyclic amines) is 1. The number of carbonyl (C=O) groups is 1. The summed E-state index contributed by atoms with van der Waals surface area (Å²) in [7, 11) is 1.28. The van der Waals surface area contributed by atoms with Crippen molar-refractivity contribution in [2.75, 3.05) is 26.8 Å². The standard InChI is InChI=1S/C27H35NO10/c1-36-26-25(35)24(34)21(14-29)38-27(26)37-20-12-19(32)17(13-28-10-2-3-11-28)23(33)22(20)18(31)9-6-15-4-7-16(30)8-5-15/h4-5,7-8,12,21,24-27,29-30,32-35H,2-3,6,9-11,13-14H2,1H3/t21-,24-,25+,26-,27-/m1/s1. The van der Waals surface area contributed by atoms with Crippen LogP contribution in [-0.2, 0) is 22.4 Å². The van der Waals surface area contributed by atoms with Crippen LogP contribution in [0.3, 0.4) is 0 Å². The number of Topliss-reactive ketones (excluding diaryl/α,β-unsaturated/α-hetero) is 1. The quantitative estimate of drug-likeness (QED) is 0.241. The van der Waals surface area contributed by atoms with Crippen molar-refractivity contribution in [3.8, 4) is 23.0 Å². The first-order valence-electron chi connectivity index (χ1n) is 12.7. The van der Waals surface area contributed by atoms with Gasteiger partial charge in [-0.1, -0.05) is 12.1 Å². The van der Waals surface area contributed by atoms with Gasteiger partial charge >= 0.3 is 0 Å². The molecule has 38 heavy (non-hydrogen) atoms. The normalized spacial score (nSPS) is 25.9. The molecule has 0 radical (unpaired) electrons. The first-order chi connectivity index (χ1) is 18.2. The Hall–Kier alpha value is -2.93. The van der Waals surface area contributed by atoms with Gasteiger partial charge < -0.3 is 44.8 Å². The minimum Gasteiger partial charge on any atom is -0.508 e. The largest absolute Gasteiger partial charge is 0.508 e.